The molecule has 7 nitrogen and oxygen atoms in total. The molecule has 0 saturated carbocycles. The Balaban J connectivity index is 2.37. The maximum absolute atomic E-state index is 11.5. The fourth-order valence-electron chi connectivity index (χ4n) is 2.39. The molecule has 0 unspecified atom stereocenters. The van der Waals surface area contributed by atoms with Crippen molar-refractivity contribution in [1.29, 1.82) is 0 Å². The summed E-state index contributed by atoms with van der Waals surface area (Å²) >= 11 is 0. The summed E-state index contributed by atoms with van der Waals surface area (Å²) in [5.74, 6) is -1.38. The molecule has 0 saturated heterocycles. The standard InChI is InChI=1S/C14H11N3O4S/c15-22(20,21)17-8-6-11(13(17)14(18)19)9-3-1-5-12-10(9)4-2-7-16-12/h1-8H,(H,18,19)(H2,15,20,21). The van der Waals surface area contributed by atoms with E-state index in [1.165, 1.54) is 6.07 Å². The Bertz CT molecular complexity index is 987. The quantitative estimate of drug-likeness (QED) is 0.758. The van der Waals surface area contributed by atoms with Crippen LogP contribution in [0.2, 0.25) is 0 Å². The molecular formula is C14H11N3O4S. The van der Waals surface area contributed by atoms with Gasteiger partial charge >= 0.3 is 16.2 Å². The van der Waals surface area contributed by atoms with Gasteiger partial charge in [0.1, 0.15) is 0 Å². The summed E-state index contributed by atoms with van der Waals surface area (Å²) < 4.78 is 23.6. The van der Waals surface area contributed by atoms with Gasteiger partial charge in [-0.2, -0.15) is 8.42 Å². The van der Waals surface area contributed by atoms with Crippen molar-refractivity contribution in [2.75, 3.05) is 0 Å². The van der Waals surface area contributed by atoms with E-state index in [1.807, 2.05) is 0 Å². The van der Waals surface area contributed by atoms with Gasteiger partial charge in [-0.3, -0.25) is 4.98 Å². The van der Waals surface area contributed by atoms with Crippen LogP contribution in [0.15, 0.2) is 48.8 Å². The molecule has 0 fully saturated rings. The molecule has 0 spiro atoms. The molecule has 3 N–H and O–H groups in total. The Morgan fingerprint density at radius 2 is 1.91 bits per heavy atom. The van der Waals surface area contributed by atoms with Crippen molar-refractivity contribution in [3.05, 3.63) is 54.5 Å². The highest BCUT2D eigenvalue weighted by molar-refractivity contribution is 7.87. The summed E-state index contributed by atoms with van der Waals surface area (Å²) in [4.78, 5) is 15.7. The molecule has 112 valence electrons. The monoisotopic (exact) mass is 317 g/mol. The molecule has 1 aromatic carbocycles. The molecule has 3 rings (SSSR count). The maximum atomic E-state index is 11.5. The highest BCUT2D eigenvalue weighted by Crippen LogP contribution is 2.31. The molecule has 2 aromatic heterocycles. The number of hydrogen-bond acceptors (Lipinski definition) is 4. The highest BCUT2D eigenvalue weighted by atomic mass is 32.2. The third kappa shape index (κ3) is 2.24. The number of carboxylic acids is 1. The van der Waals surface area contributed by atoms with E-state index < -0.39 is 21.9 Å². The van der Waals surface area contributed by atoms with Crippen molar-refractivity contribution in [3.8, 4) is 11.1 Å². The smallest absolute Gasteiger partial charge is 0.354 e. The van der Waals surface area contributed by atoms with Crippen molar-refractivity contribution in [2.45, 2.75) is 0 Å². The number of carboxylic acid groups (broad SMARTS) is 1. The largest absolute Gasteiger partial charge is 0.477 e. The van der Waals surface area contributed by atoms with E-state index in [9.17, 15) is 18.3 Å². The van der Waals surface area contributed by atoms with E-state index in [0.29, 0.717) is 15.1 Å². The average molecular weight is 317 g/mol. The zero-order chi connectivity index (χ0) is 15.9. The van der Waals surface area contributed by atoms with Gasteiger partial charge in [0.2, 0.25) is 0 Å². The number of rotatable bonds is 3. The minimum Gasteiger partial charge on any atom is -0.477 e. The van der Waals surface area contributed by atoms with Gasteiger partial charge in [0, 0.05) is 23.3 Å². The zero-order valence-electron chi connectivity index (χ0n) is 11.2. The van der Waals surface area contributed by atoms with Gasteiger partial charge in [0.15, 0.2) is 5.69 Å². The summed E-state index contributed by atoms with van der Waals surface area (Å²) in [6.07, 6.45) is 2.75. The Kier molecular flexibility index (Phi) is 3.19. The van der Waals surface area contributed by atoms with Crippen LogP contribution >= 0.6 is 0 Å². The number of nitrogens with two attached hydrogens (primary N) is 1. The lowest BCUT2D eigenvalue weighted by atomic mass is 10.0. The fourth-order valence-corrected chi connectivity index (χ4v) is 3.05. The maximum Gasteiger partial charge on any atom is 0.354 e. The predicted molar refractivity (Wildman–Crippen MR) is 80.6 cm³/mol. The molecule has 0 atom stereocenters. The fraction of sp³-hybridized carbons (Fsp3) is 0. The minimum absolute atomic E-state index is 0.264. The topological polar surface area (TPSA) is 115 Å². The van der Waals surface area contributed by atoms with Crippen LogP contribution in [0.5, 0.6) is 0 Å². The summed E-state index contributed by atoms with van der Waals surface area (Å²) in [6.45, 7) is 0. The second-order valence-corrected chi connectivity index (χ2v) is 6.02. The summed E-state index contributed by atoms with van der Waals surface area (Å²) in [5, 5.41) is 15.2. The lowest BCUT2D eigenvalue weighted by molar-refractivity contribution is 0.0690. The average Bonchev–Trinajstić information content (AvgIpc) is 2.91. The normalized spacial score (nSPS) is 11.7. The van der Waals surface area contributed by atoms with Crippen molar-refractivity contribution in [3.63, 3.8) is 0 Å². The van der Waals surface area contributed by atoms with Crippen LogP contribution in [-0.2, 0) is 10.2 Å². The Labute approximate surface area is 125 Å². The lowest BCUT2D eigenvalue weighted by Crippen LogP contribution is -2.24. The van der Waals surface area contributed by atoms with Crippen LogP contribution in [0.3, 0.4) is 0 Å². The minimum atomic E-state index is -4.20. The third-order valence-electron chi connectivity index (χ3n) is 3.26. The number of carbonyl (C=O) groups is 1. The van der Waals surface area contributed by atoms with Crippen molar-refractivity contribution >= 4 is 27.1 Å². The number of aromatic nitrogens is 2. The van der Waals surface area contributed by atoms with Gasteiger partial charge in [-0.05, 0) is 23.8 Å². The second-order valence-electron chi connectivity index (χ2n) is 4.60. The van der Waals surface area contributed by atoms with Gasteiger partial charge in [-0.25, -0.2) is 13.9 Å². The predicted octanol–water partition coefficient (Wildman–Crippen LogP) is 1.45. The van der Waals surface area contributed by atoms with Crippen molar-refractivity contribution in [2.24, 2.45) is 5.14 Å². The van der Waals surface area contributed by atoms with E-state index in [2.05, 4.69) is 4.98 Å². The molecule has 0 aliphatic carbocycles. The van der Waals surface area contributed by atoms with E-state index in [4.69, 9.17) is 5.14 Å². The van der Waals surface area contributed by atoms with Gasteiger partial charge in [0.05, 0.1) is 5.52 Å². The lowest BCUT2D eigenvalue weighted by Gasteiger charge is -2.08. The van der Waals surface area contributed by atoms with Crippen molar-refractivity contribution < 1.29 is 18.3 Å². The number of nitrogens with zero attached hydrogens (tertiary/aromatic N) is 2. The third-order valence-corrected chi connectivity index (χ3v) is 4.12. The second kappa shape index (κ2) is 4.93. The van der Waals surface area contributed by atoms with Gasteiger partial charge in [0.25, 0.3) is 0 Å². The molecule has 0 bridgehead atoms. The first kappa shape index (κ1) is 14.2. The zero-order valence-corrected chi connectivity index (χ0v) is 12.0. The van der Waals surface area contributed by atoms with Crippen LogP contribution in [0.1, 0.15) is 10.5 Å². The highest BCUT2D eigenvalue weighted by Gasteiger charge is 2.23. The van der Waals surface area contributed by atoms with E-state index in [0.717, 1.165) is 11.6 Å². The first-order valence-corrected chi connectivity index (χ1v) is 7.72. The van der Waals surface area contributed by atoms with Crippen LogP contribution < -0.4 is 5.14 Å². The summed E-state index contributed by atoms with van der Waals surface area (Å²) in [7, 11) is -4.20. The van der Waals surface area contributed by atoms with E-state index >= 15 is 0 Å². The van der Waals surface area contributed by atoms with Gasteiger partial charge < -0.3 is 5.11 Å². The van der Waals surface area contributed by atoms with Crippen LogP contribution in [0.25, 0.3) is 22.0 Å². The number of hydrogen-bond donors (Lipinski definition) is 2. The number of aromatic carboxylic acids is 1. The van der Waals surface area contributed by atoms with Gasteiger partial charge in [-0.1, -0.05) is 18.2 Å². The Hall–Kier alpha value is -2.71. The van der Waals surface area contributed by atoms with Crippen LogP contribution in [-0.4, -0.2) is 28.5 Å². The SMILES string of the molecule is NS(=O)(=O)n1ccc(-c2cccc3ncccc23)c1C(=O)O. The first-order chi connectivity index (χ1) is 10.4. The molecule has 22 heavy (non-hydrogen) atoms. The Morgan fingerprint density at radius 3 is 2.59 bits per heavy atom. The molecule has 0 radical (unpaired) electrons. The number of pyridine rings is 1. The van der Waals surface area contributed by atoms with Gasteiger partial charge in [-0.15, -0.1) is 0 Å². The number of benzene rings is 1. The molecule has 3 aromatic rings. The molecular weight excluding hydrogens is 306 g/mol. The molecule has 0 aliphatic rings. The first-order valence-electron chi connectivity index (χ1n) is 6.21. The summed E-state index contributed by atoms with van der Waals surface area (Å²) in [5.41, 5.74) is 1.11. The van der Waals surface area contributed by atoms with E-state index in [1.54, 1.807) is 36.5 Å². The number of fused-ring (bicyclic) bond motifs is 1. The summed E-state index contributed by atoms with van der Waals surface area (Å²) in [6, 6.07) is 10.1. The molecule has 0 aliphatic heterocycles. The Morgan fingerprint density at radius 1 is 1.14 bits per heavy atom. The molecule has 2 heterocycles. The van der Waals surface area contributed by atoms with E-state index in [-0.39, 0.29) is 5.56 Å². The van der Waals surface area contributed by atoms with Crippen LogP contribution in [0, 0.1) is 0 Å². The molecule has 0 amide bonds. The van der Waals surface area contributed by atoms with Crippen LogP contribution in [0.4, 0.5) is 0 Å². The van der Waals surface area contributed by atoms with Crippen molar-refractivity contribution in [1.82, 2.24) is 8.96 Å². The molecule has 8 heteroatoms.